The standard InChI is InChI=1S/C40H56ClNO11S/c1-10-40(5,6)39(46)53-35(21-26(2)3)38(45)52-32(27(4)22-34(50-8)29-15-12-11-13-16-29)17-14-18-36(43)42-31(37(44)51-25-54(9,47)48)24-28-19-20-33(49-7)30(41)23-28/h11-16,18-20,23,26-27,31-32,34-35H,10,17,21-22,24-25H2,1-9H3,(H,42,43)/b18-14+. The van der Waals surface area contributed by atoms with Crippen LogP contribution in [0.3, 0.4) is 0 Å². The van der Waals surface area contributed by atoms with Crippen LogP contribution in [0.15, 0.2) is 60.7 Å². The summed E-state index contributed by atoms with van der Waals surface area (Å²) in [6.45, 7) is 11.1. The molecule has 0 fully saturated rings. The summed E-state index contributed by atoms with van der Waals surface area (Å²) in [6, 6.07) is 13.1. The van der Waals surface area contributed by atoms with Gasteiger partial charge in [0.25, 0.3) is 0 Å². The summed E-state index contributed by atoms with van der Waals surface area (Å²) in [5.41, 5.74) is 0.693. The maximum atomic E-state index is 13.7. The lowest BCUT2D eigenvalue weighted by Crippen LogP contribution is -2.43. The number of methoxy groups -OCH3 is 2. The van der Waals surface area contributed by atoms with Crippen molar-refractivity contribution >= 4 is 45.3 Å². The van der Waals surface area contributed by atoms with Crippen molar-refractivity contribution in [1.29, 1.82) is 0 Å². The first-order valence-corrected chi connectivity index (χ1v) is 20.4. The summed E-state index contributed by atoms with van der Waals surface area (Å²) in [4.78, 5) is 52.9. The van der Waals surface area contributed by atoms with Crippen LogP contribution in [0.1, 0.15) is 84.5 Å². The fourth-order valence-electron chi connectivity index (χ4n) is 5.26. The highest BCUT2D eigenvalue weighted by Crippen LogP contribution is 2.30. The summed E-state index contributed by atoms with van der Waals surface area (Å²) >= 11 is 6.26. The average molecular weight is 794 g/mol. The number of benzene rings is 2. The third-order valence-electron chi connectivity index (χ3n) is 8.89. The Labute approximate surface area is 325 Å². The van der Waals surface area contributed by atoms with E-state index in [0.29, 0.717) is 24.2 Å². The molecule has 2 rings (SSSR count). The van der Waals surface area contributed by atoms with E-state index in [1.54, 1.807) is 39.2 Å². The minimum Gasteiger partial charge on any atom is -0.495 e. The number of amides is 1. The van der Waals surface area contributed by atoms with Crippen LogP contribution >= 0.6 is 11.6 Å². The van der Waals surface area contributed by atoms with Crippen molar-refractivity contribution in [3.8, 4) is 5.75 Å². The third-order valence-corrected chi connectivity index (χ3v) is 9.73. The molecular weight excluding hydrogens is 738 g/mol. The maximum Gasteiger partial charge on any atom is 0.347 e. The molecule has 0 aliphatic heterocycles. The second-order valence-electron chi connectivity index (χ2n) is 14.5. The zero-order chi connectivity index (χ0) is 40.6. The summed E-state index contributed by atoms with van der Waals surface area (Å²) in [7, 11) is -0.601. The Bertz CT molecular complexity index is 1680. The molecule has 0 aliphatic carbocycles. The molecule has 5 unspecified atom stereocenters. The zero-order valence-corrected chi connectivity index (χ0v) is 34.3. The summed E-state index contributed by atoms with van der Waals surface area (Å²) < 4.78 is 51.1. The number of esters is 3. The fraction of sp³-hybridized carbons (Fsp3) is 0.550. The van der Waals surface area contributed by atoms with Crippen molar-refractivity contribution in [1.82, 2.24) is 5.32 Å². The van der Waals surface area contributed by atoms with Gasteiger partial charge in [-0.15, -0.1) is 0 Å². The molecule has 2 aromatic carbocycles. The van der Waals surface area contributed by atoms with E-state index in [9.17, 15) is 27.6 Å². The van der Waals surface area contributed by atoms with Crippen molar-refractivity contribution in [2.75, 3.05) is 26.4 Å². The largest absolute Gasteiger partial charge is 0.495 e. The van der Waals surface area contributed by atoms with Crippen molar-refractivity contribution < 1.29 is 51.3 Å². The predicted molar refractivity (Wildman–Crippen MR) is 206 cm³/mol. The second kappa shape index (κ2) is 21.8. The van der Waals surface area contributed by atoms with Crippen LogP contribution < -0.4 is 10.1 Å². The highest BCUT2D eigenvalue weighted by Gasteiger charge is 2.35. The van der Waals surface area contributed by atoms with E-state index < -0.39 is 63.3 Å². The molecule has 0 radical (unpaired) electrons. The average Bonchev–Trinajstić information content (AvgIpc) is 3.11. The second-order valence-corrected chi connectivity index (χ2v) is 17.0. The van der Waals surface area contributed by atoms with Gasteiger partial charge in [0.15, 0.2) is 21.9 Å². The first kappa shape index (κ1) is 46.2. The lowest BCUT2D eigenvalue weighted by atomic mass is 9.90. The number of carbonyl (C=O) groups is 4. The van der Waals surface area contributed by atoms with Gasteiger partial charge in [-0.1, -0.05) is 81.8 Å². The number of sulfone groups is 1. The highest BCUT2D eigenvalue weighted by atomic mass is 35.5. The van der Waals surface area contributed by atoms with Gasteiger partial charge >= 0.3 is 17.9 Å². The van der Waals surface area contributed by atoms with Crippen LogP contribution in [0, 0.1) is 17.3 Å². The molecule has 0 aromatic heterocycles. The Kier molecular flexibility index (Phi) is 18.7. The molecule has 5 atom stereocenters. The van der Waals surface area contributed by atoms with Gasteiger partial charge in [-0.25, -0.2) is 18.0 Å². The SMILES string of the molecule is CCC(C)(C)C(=O)OC(CC(C)C)C(=O)OC(C/C=C/C(=O)NC(Cc1ccc(OC)c(Cl)c1)C(=O)OCS(C)(=O)=O)C(C)CC(OC)c1ccccc1. The van der Waals surface area contributed by atoms with Gasteiger partial charge in [0.1, 0.15) is 17.9 Å². The van der Waals surface area contributed by atoms with E-state index in [1.165, 1.54) is 19.3 Å². The summed E-state index contributed by atoms with van der Waals surface area (Å²) in [5.74, 6) is -3.57. The Morgan fingerprint density at radius 3 is 2.17 bits per heavy atom. The highest BCUT2D eigenvalue weighted by molar-refractivity contribution is 7.90. The monoisotopic (exact) mass is 793 g/mol. The Morgan fingerprint density at radius 2 is 1.61 bits per heavy atom. The number of hydrogen-bond acceptors (Lipinski definition) is 11. The first-order chi connectivity index (χ1) is 25.3. The van der Waals surface area contributed by atoms with Crippen LogP contribution in [0.5, 0.6) is 5.75 Å². The lowest BCUT2D eigenvalue weighted by molar-refractivity contribution is -0.179. The molecule has 0 saturated carbocycles. The van der Waals surface area contributed by atoms with E-state index in [2.05, 4.69) is 5.32 Å². The Morgan fingerprint density at radius 1 is 0.944 bits per heavy atom. The molecule has 14 heteroatoms. The van der Waals surface area contributed by atoms with Crippen molar-refractivity contribution in [3.05, 3.63) is 76.8 Å². The molecule has 0 saturated heterocycles. The van der Waals surface area contributed by atoms with Gasteiger partial charge < -0.3 is 29.0 Å². The minimum absolute atomic E-state index is 0.0153. The molecule has 0 aliphatic rings. The van der Waals surface area contributed by atoms with E-state index in [4.69, 9.17) is 35.3 Å². The number of nitrogens with one attached hydrogen (secondary N) is 1. The molecule has 0 heterocycles. The maximum absolute atomic E-state index is 13.7. The molecule has 54 heavy (non-hydrogen) atoms. The predicted octanol–water partition coefficient (Wildman–Crippen LogP) is 6.59. The molecule has 1 amide bonds. The van der Waals surface area contributed by atoms with Gasteiger partial charge in [0.2, 0.25) is 5.91 Å². The van der Waals surface area contributed by atoms with Gasteiger partial charge in [-0.05, 0) is 74.3 Å². The smallest absolute Gasteiger partial charge is 0.347 e. The van der Waals surface area contributed by atoms with E-state index >= 15 is 0 Å². The number of rotatable bonds is 22. The normalized spacial score (nSPS) is 14.8. The lowest BCUT2D eigenvalue weighted by Gasteiger charge is -2.30. The number of carbonyl (C=O) groups excluding carboxylic acids is 4. The van der Waals surface area contributed by atoms with Gasteiger partial charge in [-0.2, -0.15) is 0 Å². The number of halogens is 1. The molecule has 1 N–H and O–H groups in total. The number of hydrogen-bond donors (Lipinski definition) is 1. The van der Waals surface area contributed by atoms with E-state index in [0.717, 1.165) is 11.8 Å². The molecule has 0 bridgehead atoms. The van der Waals surface area contributed by atoms with Crippen molar-refractivity contribution in [3.63, 3.8) is 0 Å². The molecule has 2 aromatic rings. The summed E-state index contributed by atoms with van der Waals surface area (Å²) in [5, 5.41) is 2.86. The third kappa shape index (κ3) is 15.8. The Hall–Kier alpha value is -3.94. The first-order valence-electron chi connectivity index (χ1n) is 17.9. The van der Waals surface area contributed by atoms with Gasteiger partial charge in [0, 0.05) is 26.2 Å². The quantitative estimate of drug-likeness (QED) is 0.0779. The molecular formula is C40H56ClNO11S. The van der Waals surface area contributed by atoms with Crippen LogP contribution in [0.2, 0.25) is 5.02 Å². The van der Waals surface area contributed by atoms with E-state index in [1.807, 2.05) is 58.0 Å². The summed E-state index contributed by atoms with van der Waals surface area (Å²) in [6.07, 6.45) is 2.65. The van der Waals surface area contributed by atoms with Crippen LogP contribution in [-0.2, 0) is 54.4 Å². The Balaban J connectivity index is 2.35. The zero-order valence-electron chi connectivity index (χ0n) is 32.8. The van der Waals surface area contributed by atoms with Crippen molar-refractivity contribution in [2.24, 2.45) is 17.3 Å². The van der Waals surface area contributed by atoms with E-state index in [-0.39, 0.29) is 42.2 Å². The van der Waals surface area contributed by atoms with Gasteiger partial charge in [0.05, 0.1) is 23.7 Å². The molecule has 300 valence electrons. The number of ether oxygens (including phenoxy) is 5. The van der Waals surface area contributed by atoms with Gasteiger partial charge in [-0.3, -0.25) is 9.59 Å². The molecule has 12 nitrogen and oxygen atoms in total. The van der Waals surface area contributed by atoms with Crippen LogP contribution in [-0.4, -0.2) is 76.9 Å². The minimum atomic E-state index is -3.65. The fourth-order valence-corrected chi connectivity index (χ4v) is 5.87. The van der Waals surface area contributed by atoms with Crippen LogP contribution in [0.4, 0.5) is 0 Å². The van der Waals surface area contributed by atoms with Crippen molar-refractivity contribution in [2.45, 2.75) is 98.0 Å². The molecule has 0 spiro atoms. The topological polar surface area (TPSA) is 161 Å². The van der Waals surface area contributed by atoms with Crippen LogP contribution in [0.25, 0.3) is 0 Å².